The summed E-state index contributed by atoms with van der Waals surface area (Å²) >= 11 is 0. The Bertz CT molecular complexity index is 664. The molecule has 3 rings (SSSR count). The molecule has 0 N–H and O–H groups in total. The highest BCUT2D eigenvalue weighted by Crippen LogP contribution is 2.36. The fourth-order valence-corrected chi connectivity index (χ4v) is 3.53. The van der Waals surface area contributed by atoms with Gasteiger partial charge in [-0.05, 0) is 6.42 Å². The Morgan fingerprint density at radius 1 is 1.40 bits per heavy atom. The van der Waals surface area contributed by atoms with E-state index in [1.165, 1.54) is 4.90 Å². The average molecular weight is 356 g/mol. The van der Waals surface area contributed by atoms with Crippen molar-refractivity contribution < 1.29 is 23.1 Å². The lowest BCUT2D eigenvalue weighted by Crippen LogP contribution is -2.50. The number of carbonyl (C=O) groups is 2. The molecule has 2 fully saturated rings. The number of hydrogen-bond acceptors (Lipinski definition) is 4. The van der Waals surface area contributed by atoms with E-state index >= 15 is 0 Å². The molecule has 0 unspecified atom stereocenters. The van der Waals surface area contributed by atoms with Gasteiger partial charge in [-0.25, -0.2) is 13.8 Å². The number of hydrogen-bond donors (Lipinski definition) is 0. The number of ether oxygens (including phenoxy) is 1. The smallest absolute Gasteiger partial charge is 0.288 e. The first-order valence-corrected chi connectivity index (χ1v) is 8.27. The fraction of sp³-hybridized carbons (Fsp3) is 0.688. The number of nitrogens with zero attached hydrogens (tertiary/aromatic N) is 4. The quantitative estimate of drug-likeness (QED) is 0.787. The van der Waals surface area contributed by atoms with Gasteiger partial charge in [0.1, 0.15) is 18.5 Å². The average Bonchev–Trinajstić information content (AvgIpc) is 2.88. The van der Waals surface area contributed by atoms with Gasteiger partial charge in [0.15, 0.2) is 0 Å². The van der Waals surface area contributed by atoms with Crippen molar-refractivity contribution in [2.75, 3.05) is 33.4 Å². The van der Waals surface area contributed by atoms with Crippen LogP contribution in [-0.2, 0) is 21.4 Å². The number of imidazole rings is 1. The summed E-state index contributed by atoms with van der Waals surface area (Å²) in [5.74, 6) is -3.55. The minimum atomic E-state index is -3.07. The molecule has 0 radical (unpaired) electrons. The van der Waals surface area contributed by atoms with E-state index in [0.29, 0.717) is 12.2 Å². The number of piperidine rings is 1. The van der Waals surface area contributed by atoms with Crippen LogP contribution in [0, 0.1) is 5.92 Å². The molecule has 0 aromatic carbocycles. The van der Waals surface area contributed by atoms with Crippen LogP contribution < -0.4 is 0 Å². The molecule has 2 saturated heterocycles. The van der Waals surface area contributed by atoms with E-state index < -0.39 is 31.0 Å². The molecule has 138 valence electrons. The molecule has 0 bridgehead atoms. The third-order valence-electron chi connectivity index (χ3n) is 4.85. The van der Waals surface area contributed by atoms with Gasteiger partial charge in [-0.15, -0.1) is 0 Å². The zero-order valence-corrected chi connectivity index (χ0v) is 14.3. The number of aromatic nitrogens is 2. The minimum absolute atomic E-state index is 0.0793. The SMILES string of the molecule is CN1C(=O)CC[C@H](C(=O)N2CCOCC(F)(F)C2)[C@H]1c1nccn1C. The first kappa shape index (κ1) is 17.8. The van der Waals surface area contributed by atoms with Crippen LogP contribution in [0.4, 0.5) is 8.78 Å². The zero-order valence-electron chi connectivity index (χ0n) is 14.3. The Labute approximate surface area is 144 Å². The Hall–Kier alpha value is -2.03. The summed E-state index contributed by atoms with van der Waals surface area (Å²) in [5.41, 5.74) is 0. The summed E-state index contributed by atoms with van der Waals surface area (Å²) in [6.07, 6.45) is 3.87. The van der Waals surface area contributed by atoms with E-state index in [2.05, 4.69) is 4.98 Å². The lowest BCUT2D eigenvalue weighted by atomic mass is 9.87. The van der Waals surface area contributed by atoms with E-state index in [-0.39, 0.29) is 31.4 Å². The van der Waals surface area contributed by atoms with E-state index in [4.69, 9.17) is 4.74 Å². The Morgan fingerprint density at radius 3 is 2.84 bits per heavy atom. The van der Waals surface area contributed by atoms with E-state index in [1.807, 2.05) is 0 Å². The maximum absolute atomic E-state index is 13.8. The highest BCUT2D eigenvalue weighted by Gasteiger charge is 2.45. The Kier molecular flexibility index (Phi) is 4.77. The molecule has 0 aliphatic carbocycles. The molecule has 2 aliphatic heterocycles. The first-order valence-electron chi connectivity index (χ1n) is 8.27. The van der Waals surface area contributed by atoms with Gasteiger partial charge in [0.25, 0.3) is 5.92 Å². The molecule has 3 heterocycles. The fourth-order valence-electron chi connectivity index (χ4n) is 3.53. The van der Waals surface area contributed by atoms with Crippen LogP contribution in [0.25, 0.3) is 0 Å². The third-order valence-corrected chi connectivity index (χ3v) is 4.85. The summed E-state index contributed by atoms with van der Waals surface area (Å²) in [4.78, 5) is 32.1. The van der Waals surface area contributed by atoms with Crippen LogP contribution in [0.15, 0.2) is 12.4 Å². The van der Waals surface area contributed by atoms with Gasteiger partial charge in [0.2, 0.25) is 11.8 Å². The molecule has 1 aromatic rings. The lowest BCUT2D eigenvalue weighted by molar-refractivity contribution is -0.149. The molecule has 25 heavy (non-hydrogen) atoms. The number of aryl methyl sites for hydroxylation is 1. The number of amides is 2. The van der Waals surface area contributed by atoms with Crippen molar-refractivity contribution in [3.05, 3.63) is 18.2 Å². The number of rotatable bonds is 2. The molecular weight excluding hydrogens is 334 g/mol. The molecule has 2 atom stereocenters. The first-order chi connectivity index (χ1) is 11.8. The number of likely N-dealkylation sites (tertiary alicyclic amines) is 1. The van der Waals surface area contributed by atoms with Gasteiger partial charge in [0.05, 0.1) is 19.1 Å². The van der Waals surface area contributed by atoms with Crippen LogP contribution in [0.3, 0.4) is 0 Å². The van der Waals surface area contributed by atoms with Gasteiger partial charge < -0.3 is 19.1 Å². The third kappa shape index (κ3) is 3.51. The predicted octanol–water partition coefficient (Wildman–Crippen LogP) is 0.824. The summed E-state index contributed by atoms with van der Waals surface area (Å²) in [6.45, 7) is -1.14. The van der Waals surface area contributed by atoms with E-state index in [9.17, 15) is 18.4 Å². The van der Waals surface area contributed by atoms with Gasteiger partial charge in [0, 0.05) is 39.5 Å². The minimum Gasteiger partial charge on any atom is -0.373 e. The van der Waals surface area contributed by atoms with Crippen LogP contribution >= 0.6 is 0 Å². The van der Waals surface area contributed by atoms with Crippen molar-refractivity contribution in [2.45, 2.75) is 24.8 Å². The molecule has 2 aliphatic rings. The van der Waals surface area contributed by atoms with Crippen molar-refractivity contribution in [1.29, 1.82) is 0 Å². The number of halogens is 2. The van der Waals surface area contributed by atoms with E-state index in [0.717, 1.165) is 4.90 Å². The molecule has 0 saturated carbocycles. The number of alkyl halides is 2. The van der Waals surface area contributed by atoms with Crippen LogP contribution in [-0.4, -0.2) is 70.4 Å². The van der Waals surface area contributed by atoms with Gasteiger partial charge >= 0.3 is 0 Å². The molecule has 7 nitrogen and oxygen atoms in total. The summed E-state index contributed by atoms with van der Waals surface area (Å²) < 4.78 is 34.3. The van der Waals surface area contributed by atoms with Crippen molar-refractivity contribution in [2.24, 2.45) is 13.0 Å². The second-order valence-corrected chi connectivity index (χ2v) is 6.66. The van der Waals surface area contributed by atoms with Gasteiger partial charge in [-0.1, -0.05) is 0 Å². The molecule has 9 heteroatoms. The largest absolute Gasteiger partial charge is 0.373 e. The highest BCUT2D eigenvalue weighted by atomic mass is 19.3. The van der Waals surface area contributed by atoms with Crippen LogP contribution in [0.5, 0.6) is 0 Å². The monoisotopic (exact) mass is 356 g/mol. The Morgan fingerprint density at radius 2 is 2.16 bits per heavy atom. The second-order valence-electron chi connectivity index (χ2n) is 6.66. The second kappa shape index (κ2) is 6.70. The molecule has 2 amide bonds. The summed E-state index contributed by atoms with van der Waals surface area (Å²) in [6, 6.07) is -0.563. The molecule has 0 spiro atoms. The zero-order chi connectivity index (χ0) is 18.2. The maximum atomic E-state index is 13.8. The molecule has 1 aromatic heterocycles. The van der Waals surface area contributed by atoms with Crippen LogP contribution in [0.1, 0.15) is 24.7 Å². The standard InChI is InChI=1S/C16H22F2N4O3/c1-20-6-5-19-14(20)13-11(3-4-12(23)21(13)2)15(24)22-7-8-25-10-16(17,18)9-22/h5-6,11,13H,3-4,7-10H2,1-2H3/t11-,13-/m0/s1. The van der Waals surface area contributed by atoms with Crippen molar-refractivity contribution >= 4 is 11.8 Å². The number of carbonyl (C=O) groups excluding carboxylic acids is 2. The van der Waals surface area contributed by atoms with Crippen molar-refractivity contribution in [3.8, 4) is 0 Å². The summed E-state index contributed by atoms with van der Waals surface area (Å²) in [5, 5.41) is 0. The van der Waals surface area contributed by atoms with Crippen LogP contribution in [0.2, 0.25) is 0 Å². The van der Waals surface area contributed by atoms with Crippen molar-refractivity contribution in [3.63, 3.8) is 0 Å². The summed E-state index contributed by atoms with van der Waals surface area (Å²) in [7, 11) is 3.41. The van der Waals surface area contributed by atoms with E-state index in [1.54, 1.807) is 31.1 Å². The normalized spacial score (nSPS) is 27.3. The van der Waals surface area contributed by atoms with Gasteiger partial charge in [-0.2, -0.15) is 0 Å². The lowest BCUT2D eigenvalue weighted by Gasteiger charge is -2.39. The Balaban J connectivity index is 1.88. The highest BCUT2D eigenvalue weighted by molar-refractivity contribution is 5.84. The van der Waals surface area contributed by atoms with Crippen molar-refractivity contribution in [1.82, 2.24) is 19.4 Å². The molecular formula is C16H22F2N4O3. The van der Waals surface area contributed by atoms with Gasteiger partial charge in [-0.3, -0.25) is 9.59 Å². The maximum Gasteiger partial charge on any atom is 0.288 e. The topological polar surface area (TPSA) is 67.7 Å². The predicted molar refractivity (Wildman–Crippen MR) is 83.8 cm³/mol.